The maximum Gasteiger partial charge on any atom is 0.145 e. The molecule has 2 rings (SSSR count). The summed E-state index contributed by atoms with van der Waals surface area (Å²) in [6.07, 6.45) is 0. The monoisotopic (exact) mass is 263 g/mol. The topological polar surface area (TPSA) is 33.0 Å². The molecule has 0 unspecified atom stereocenters. The van der Waals surface area contributed by atoms with E-state index in [-0.39, 0.29) is 0 Å². The first kappa shape index (κ1) is 11.8. The summed E-state index contributed by atoms with van der Waals surface area (Å²) in [6, 6.07) is 13.9. The Morgan fingerprint density at radius 2 is 1.76 bits per heavy atom. The number of nitriles is 1. The molecule has 0 N–H and O–H groups in total. The number of rotatable bonds is 2. The van der Waals surface area contributed by atoms with Crippen LogP contribution < -0.4 is 4.74 Å². The molecule has 0 aliphatic rings. The minimum atomic E-state index is 0.387. The fourth-order valence-corrected chi connectivity index (χ4v) is 1.69. The Bertz CT molecular complexity index is 590. The van der Waals surface area contributed by atoms with Gasteiger partial charge in [-0.25, -0.2) is 0 Å². The second-order valence-electron chi connectivity index (χ2n) is 3.31. The van der Waals surface area contributed by atoms with Gasteiger partial charge in [0.15, 0.2) is 0 Å². The smallest absolute Gasteiger partial charge is 0.145 e. The highest BCUT2D eigenvalue weighted by atomic mass is 35.5. The molecule has 84 valence electrons. The van der Waals surface area contributed by atoms with Crippen molar-refractivity contribution in [2.24, 2.45) is 0 Å². The van der Waals surface area contributed by atoms with Crippen molar-refractivity contribution in [1.82, 2.24) is 0 Å². The molecule has 0 aromatic heterocycles. The van der Waals surface area contributed by atoms with Crippen molar-refractivity contribution in [3.05, 3.63) is 58.1 Å². The second kappa shape index (κ2) is 5.09. The Labute approximate surface area is 109 Å². The summed E-state index contributed by atoms with van der Waals surface area (Å²) in [5.41, 5.74) is 0.387. The van der Waals surface area contributed by atoms with Crippen LogP contribution in [0.1, 0.15) is 5.56 Å². The number of nitrogens with zero attached hydrogens (tertiary/aromatic N) is 1. The van der Waals surface area contributed by atoms with Crippen molar-refractivity contribution in [3.63, 3.8) is 0 Å². The summed E-state index contributed by atoms with van der Waals surface area (Å²) in [7, 11) is 0. The van der Waals surface area contributed by atoms with Crippen molar-refractivity contribution < 1.29 is 4.74 Å². The predicted molar refractivity (Wildman–Crippen MR) is 67.7 cm³/mol. The van der Waals surface area contributed by atoms with Crippen LogP contribution in [0.3, 0.4) is 0 Å². The number of halogens is 2. The van der Waals surface area contributed by atoms with Crippen LogP contribution in [0.25, 0.3) is 0 Å². The lowest BCUT2D eigenvalue weighted by Crippen LogP contribution is -1.88. The first-order valence-electron chi connectivity index (χ1n) is 4.82. The highest BCUT2D eigenvalue weighted by Gasteiger charge is 2.05. The average Bonchev–Trinajstić information content (AvgIpc) is 2.31. The van der Waals surface area contributed by atoms with Crippen LogP contribution in [0.15, 0.2) is 42.5 Å². The van der Waals surface area contributed by atoms with Crippen LogP contribution >= 0.6 is 23.2 Å². The standard InChI is InChI=1S/C13H7Cl2NO/c14-10-2-1-3-12(7-10)17-13-5-4-11(15)6-9(13)8-16/h1-7H. The third-order valence-corrected chi connectivity index (χ3v) is 2.56. The van der Waals surface area contributed by atoms with Crippen molar-refractivity contribution >= 4 is 23.2 Å². The molecule has 0 heterocycles. The van der Waals surface area contributed by atoms with Crippen molar-refractivity contribution in [1.29, 1.82) is 5.26 Å². The van der Waals surface area contributed by atoms with Crippen molar-refractivity contribution in [3.8, 4) is 17.6 Å². The van der Waals surface area contributed by atoms with E-state index in [0.29, 0.717) is 27.1 Å². The molecule has 0 aliphatic heterocycles. The molecule has 0 saturated carbocycles. The number of hydrogen-bond donors (Lipinski definition) is 0. The molecule has 0 atom stereocenters. The van der Waals surface area contributed by atoms with Crippen LogP contribution in [-0.4, -0.2) is 0 Å². The van der Waals surface area contributed by atoms with Gasteiger partial charge in [0.1, 0.15) is 17.6 Å². The summed E-state index contributed by atoms with van der Waals surface area (Å²) >= 11 is 11.6. The van der Waals surface area contributed by atoms with Gasteiger partial charge in [0.25, 0.3) is 0 Å². The lowest BCUT2D eigenvalue weighted by Gasteiger charge is -2.07. The maximum atomic E-state index is 8.96. The molecule has 0 fully saturated rings. The molecule has 0 radical (unpaired) electrons. The molecule has 0 amide bonds. The van der Waals surface area contributed by atoms with Crippen molar-refractivity contribution in [2.45, 2.75) is 0 Å². The SMILES string of the molecule is N#Cc1cc(Cl)ccc1Oc1cccc(Cl)c1. The van der Waals surface area contributed by atoms with Crippen molar-refractivity contribution in [2.75, 3.05) is 0 Å². The Morgan fingerprint density at radius 3 is 2.47 bits per heavy atom. The first-order valence-corrected chi connectivity index (χ1v) is 5.58. The minimum absolute atomic E-state index is 0.387. The molecule has 17 heavy (non-hydrogen) atoms. The Kier molecular flexibility index (Phi) is 3.53. The van der Waals surface area contributed by atoms with Gasteiger partial charge >= 0.3 is 0 Å². The van der Waals surface area contributed by atoms with Gasteiger partial charge in [0.05, 0.1) is 5.56 Å². The summed E-state index contributed by atoms with van der Waals surface area (Å²) in [4.78, 5) is 0. The van der Waals surface area contributed by atoms with Crippen LogP contribution in [0.5, 0.6) is 11.5 Å². The van der Waals surface area contributed by atoms with Gasteiger partial charge in [-0.3, -0.25) is 0 Å². The largest absolute Gasteiger partial charge is 0.456 e. The fraction of sp³-hybridized carbons (Fsp3) is 0. The van der Waals surface area contributed by atoms with Crippen LogP contribution in [0.2, 0.25) is 10.0 Å². The molecule has 2 nitrogen and oxygen atoms in total. The molecular formula is C13H7Cl2NO. The van der Waals surface area contributed by atoms with Crippen LogP contribution in [0.4, 0.5) is 0 Å². The highest BCUT2D eigenvalue weighted by Crippen LogP contribution is 2.28. The lowest BCUT2D eigenvalue weighted by molar-refractivity contribution is 0.481. The zero-order valence-corrected chi connectivity index (χ0v) is 10.2. The van der Waals surface area contributed by atoms with E-state index in [1.807, 2.05) is 6.07 Å². The Balaban J connectivity index is 2.34. The van der Waals surface area contributed by atoms with E-state index in [9.17, 15) is 0 Å². The van der Waals surface area contributed by atoms with E-state index in [1.165, 1.54) is 0 Å². The average molecular weight is 264 g/mol. The van der Waals surface area contributed by atoms with E-state index < -0.39 is 0 Å². The van der Waals surface area contributed by atoms with E-state index in [4.69, 9.17) is 33.2 Å². The van der Waals surface area contributed by atoms with Crippen LogP contribution in [0, 0.1) is 11.3 Å². The molecule has 2 aromatic rings. The zero-order chi connectivity index (χ0) is 12.3. The van der Waals surface area contributed by atoms with Gasteiger partial charge < -0.3 is 4.74 Å². The Hall–Kier alpha value is -1.69. The first-order chi connectivity index (χ1) is 8.19. The molecule has 0 bridgehead atoms. The molecule has 0 aliphatic carbocycles. The highest BCUT2D eigenvalue weighted by molar-refractivity contribution is 6.31. The quantitative estimate of drug-likeness (QED) is 0.790. The van der Waals surface area contributed by atoms with Gasteiger partial charge in [-0.05, 0) is 36.4 Å². The molecule has 0 spiro atoms. The van der Waals surface area contributed by atoms with E-state index in [0.717, 1.165) is 0 Å². The predicted octanol–water partition coefficient (Wildman–Crippen LogP) is 4.66. The fourth-order valence-electron chi connectivity index (χ4n) is 1.34. The van der Waals surface area contributed by atoms with Crippen LogP contribution in [-0.2, 0) is 0 Å². The molecule has 4 heteroatoms. The van der Waals surface area contributed by atoms with Gasteiger partial charge in [0, 0.05) is 10.0 Å². The second-order valence-corrected chi connectivity index (χ2v) is 4.18. The zero-order valence-electron chi connectivity index (χ0n) is 8.65. The maximum absolute atomic E-state index is 8.96. The summed E-state index contributed by atoms with van der Waals surface area (Å²) in [5, 5.41) is 10.0. The minimum Gasteiger partial charge on any atom is -0.456 e. The van der Waals surface area contributed by atoms with E-state index >= 15 is 0 Å². The van der Waals surface area contributed by atoms with Gasteiger partial charge in [-0.1, -0.05) is 29.3 Å². The number of ether oxygens (including phenoxy) is 1. The number of benzene rings is 2. The summed E-state index contributed by atoms with van der Waals surface area (Å²) in [5.74, 6) is 1.04. The molecular weight excluding hydrogens is 257 g/mol. The summed E-state index contributed by atoms with van der Waals surface area (Å²) < 4.78 is 5.57. The summed E-state index contributed by atoms with van der Waals surface area (Å²) in [6.45, 7) is 0. The Morgan fingerprint density at radius 1 is 1.00 bits per heavy atom. The van der Waals surface area contributed by atoms with Gasteiger partial charge in [-0.15, -0.1) is 0 Å². The normalized spacial score (nSPS) is 9.71. The van der Waals surface area contributed by atoms with Gasteiger partial charge in [-0.2, -0.15) is 5.26 Å². The van der Waals surface area contributed by atoms with E-state index in [1.54, 1.807) is 42.5 Å². The third kappa shape index (κ3) is 2.91. The lowest BCUT2D eigenvalue weighted by atomic mass is 10.2. The molecule has 2 aromatic carbocycles. The molecule has 0 saturated heterocycles. The van der Waals surface area contributed by atoms with Gasteiger partial charge in [0.2, 0.25) is 0 Å². The number of hydrogen-bond acceptors (Lipinski definition) is 2. The van der Waals surface area contributed by atoms with E-state index in [2.05, 4.69) is 0 Å². The third-order valence-electron chi connectivity index (χ3n) is 2.09.